The topological polar surface area (TPSA) is 24.8 Å². The van der Waals surface area contributed by atoms with Gasteiger partial charge in [-0.2, -0.15) is 0 Å². The van der Waals surface area contributed by atoms with Crippen molar-refractivity contribution in [2.45, 2.75) is 19.1 Å². The SMILES string of the molecule is COc1ccc(C2N=C(c3ccccc3)C(C)N2c2ccccc2)cc1. The maximum atomic E-state index is 5.31. The maximum absolute atomic E-state index is 5.31. The van der Waals surface area contributed by atoms with E-state index < -0.39 is 0 Å². The highest BCUT2D eigenvalue weighted by molar-refractivity contribution is 6.07. The van der Waals surface area contributed by atoms with E-state index in [1.165, 1.54) is 11.3 Å². The zero-order chi connectivity index (χ0) is 17.9. The molecule has 3 aromatic carbocycles. The Kier molecular flexibility index (Phi) is 4.44. The molecular weight excluding hydrogens is 320 g/mol. The molecule has 0 aromatic heterocycles. The summed E-state index contributed by atoms with van der Waals surface area (Å²) in [5.41, 5.74) is 4.63. The van der Waals surface area contributed by atoms with E-state index in [0.717, 1.165) is 17.0 Å². The van der Waals surface area contributed by atoms with Crippen molar-refractivity contribution < 1.29 is 4.74 Å². The lowest BCUT2D eigenvalue weighted by Gasteiger charge is -2.30. The summed E-state index contributed by atoms with van der Waals surface area (Å²) < 4.78 is 5.31. The molecule has 3 nitrogen and oxygen atoms in total. The molecule has 1 aliphatic heterocycles. The predicted octanol–water partition coefficient (Wildman–Crippen LogP) is 5.09. The summed E-state index contributed by atoms with van der Waals surface area (Å²) in [6.07, 6.45) is -0.0477. The van der Waals surface area contributed by atoms with E-state index in [9.17, 15) is 0 Å². The molecule has 26 heavy (non-hydrogen) atoms. The third-order valence-corrected chi connectivity index (χ3v) is 4.88. The van der Waals surface area contributed by atoms with Crippen molar-refractivity contribution in [2.24, 2.45) is 4.99 Å². The number of benzene rings is 3. The summed E-state index contributed by atoms with van der Waals surface area (Å²) in [7, 11) is 1.69. The summed E-state index contributed by atoms with van der Waals surface area (Å²) in [6.45, 7) is 2.22. The first-order valence-electron chi connectivity index (χ1n) is 8.88. The van der Waals surface area contributed by atoms with Gasteiger partial charge in [-0.15, -0.1) is 0 Å². The Morgan fingerprint density at radius 1 is 0.808 bits per heavy atom. The molecule has 1 aliphatic rings. The zero-order valence-electron chi connectivity index (χ0n) is 15.0. The fourth-order valence-electron chi connectivity index (χ4n) is 3.55. The monoisotopic (exact) mass is 342 g/mol. The van der Waals surface area contributed by atoms with E-state index >= 15 is 0 Å². The van der Waals surface area contributed by atoms with Crippen LogP contribution in [0.1, 0.15) is 24.2 Å². The van der Waals surface area contributed by atoms with E-state index in [0.29, 0.717) is 0 Å². The number of para-hydroxylation sites is 1. The first kappa shape index (κ1) is 16.4. The minimum atomic E-state index is -0.0477. The molecule has 4 rings (SSSR count). The smallest absolute Gasteiger partial charge is 0.148 e. The highest BCUT2D eigenvalue weighted by Crippen LogP contribution is 2.37. The van der Waals surface area contributed by atoms with Gasteiger partial charge in [0.25, 0.3) is 0 Å². The minimum Gasteiger partial charge on any atom is -0.497 e. The summed E-state index contributed by atoms with van der Waals surface area (Å²) >= 11 is 0. The van der Waals surface area contributed by atoms with Crippen LogP contribution in [-0.2, 0) is 0 Å². The molecule has 2 atom stereocenters. The van der Waals surface area contributed by atoms with Gasteiger partial charge in [-0.3, -0.25) is 4.99 Å². The van der Waals surface area contributed by atoms with Crippen LogP contribution in [0.25, 0.3) is 0 Å². The van der Waals surface area contributed by atoms with Crippen LogP contribution in [0.15, 0.2) is 89.9 Å². The summed E-state index contributed by atoms with van der Waals surface area (Å²) in [5, 5.41) is 0. The number of hydrogen-bond acceptors (Lipinski definition) is 3. The van der Waals surface area contributed by atoms with Gasteiger partial charge in [0.2, 0.25) is 0 Å². The van der Waals surface area contributed by atoms with E-state index in [4.69, 9.17) is 9.73 Å². The number of rotatable bonds is 4. The van der Waals surface area contributed by atoms with E-state index in [-0.39, 0.29) is 12.2 Å². The van der Waals surface area contributed by atoms with Gasteiger partial charge in [0, 0.05) is 5.69 Å². The Labute approximate surface area is 154 Å². The normalized spacial score (nSPS) is 19.3. The molecule has 0 bridgehead atoms. The number of hydrogen-bond donors (Lipinski definition) is 0. The average Bonchev–Trinajstić information content (AvgIpc) is 3.06. The standard InChI is InChI=1S/C23H22N2O/c1-17-22(18-9-5-3-6-10-18)24-23(19-13-15-21(26-2)16-14-19)25(17)20-11-7-4-8-12-20/h3-17,23H,1-2H3. The van der Waals surface area contributed by atoms with E-state index in [1.54, 1.807) is 7.11 Å². The third-order valence-electron chi connectivity index (χ3n) is 4.88. The van der Waals surface area contributed by atoms with Crippen molar-refractivity contribution in [1.29, 1.82) is 0 Å². The van der Waals surface area contributed by atoms with Gasteiger partial charge in [0.15, 0.2) is 0 Å². The Bertz CT molecular complexity index is 889. The molecule has 0 N–H and O–H groups in total. The number of nitrogens with zero attached hydrogens (tertiary/aromatic N) is 2. The quantitative estimate of drug-likeness (QED) is 0.659. The van der Waals surface area contributed by atoms with Crippen LogP contribution in [0, 0.1) is 0 Å². The third kappa shape index (κ3) is 2.97. The van der Waals surface area contributed by atoms with Gasteiger partial charge < -0.3 is 9.64 Å². The first-order chi connectivity index (χ1) is 12.8. The molecule has 3 aromatic rings. The number of ether oxygens (including phenoxy) is 1. The zero-order valence-corrected chi connectivity index (χ0v) is 15.0. The van der Waals surface area contributed by atoms with Crippen LogP contribution >= 0.6 is 0 Å². The van der Waals surface area contributed by atoms with Crippen molar-refractivity contribution in [3.8, 4) is 5.75 Å². The summed E-state index contributed by atoms with van der Waals surface area (Å²) in [6, 6.07) is 29.3. The van der Waals surface area contributed by atoms with Gasteiger partial charge in [-0.1, -0.05) is 60.7 Å². The van der Waals surface area contributed by atoms with Crippen LogP contribution < -0.4 is 9.64 Å². The molecule has 3 heteroatoms. The van der Waals surface area contributed by atoms with Gasteiger partial charge >= 0.3 is 0 Å². The second-order valence-corrected chi connectivity index (χ2v) is 6.45. The maximum Gasteiger partial charge on any atom is 0.148 e. The molecule has 0 fully saturated rings. The Balaban J connectivity index is 1.79. The molecular formula is C23H22N2O. The van der Waals surface area contributed by atoms with Crippen LogP contribution in [0.3, 0.4) is 0 Å². The van der Waals surface area contributed by atoms with Gasteiger partial charge in [-0.25, -0.2) is 0 Å². The van der Waals surface area contributed by atoms with Crippen molar-refractivity contribution in [3.05, 3.63) is 96.1 Å². The molecule has 0 spiro atoms. The van der Waals surface area contributed by atoms with Crippen molar-refractivity contribution >= 4 is 11.4 Å². The Hall–Kier alpha value is -3.07. The molecule has 1 heterocycles. The Morgan fingerprint density at radius 2 is 1.42 bits per heavy atom. The molecule has 2 unspecified atom stereocenters. The number of anilines is 1. The van der Waals surface area contributed by atoms with Crippen molar-refractivity contribution in [3.63, 3.8) is 0 Å². The number of methoxy groups -OCH3 is 1. The molecule has 0 saturated heterocycles. The summed E-state index contributed by atoms with van der Waals surface area (Å²) in [5.74, 6) is 0.860. The minimum absolute atomic E-state index is 0.0477. The van der Waals surface area contributed by atoms with Crippen molar-refractivity contribution in [1.82, 2.24) is 0 Å². The highest BCUT2D eigenvalue weighted by atomic mass is 16.5. The first-order valence-corrected chi connectivity index (χ1v) is 8.88. The lowest BCUT2D eigenvalue weighted by molar-refractivity contribution is 0.414. The van der Waals surface area contributed by atoms with Crippen molar-refractivity contribution in [2.75, 3.05) is 12.0 Å². The molecule has 0 saturated carbocycles. The van der Waals surface area contributed by atoms with Crippen LogP contribution in [-0.4, -0.2) is 18.9 Å². The lowest BCUT2D eigenvalue weighted by Crippen LogP contribution is -2.34. The number of aliphatic imine (C=N–C) groups is 1. The van der Waals surface area contributed by atoms with E-state index in [2.05, 4.69) is 72.5 Å². The lowest BCUT2D eigenvalue weighted by atomic mass is 10.0. The van der Waals surface area contributed by atoms with Gasteiger partial charge in [0.1, 0.15) is 11.9 Å². The Morgan fingerprint density at radius 3 is 2.04 bits per heavy atom. The molecule has 0 radical (unpaired) electrons. The van der Waals surface area contributed by atoms with Gasteiger partial charge in [-0.05, 0) is 42.3 Å². The fourth-order valence-corrected chi connectivity index (χ4v) is 3.55. The molecule has 130 valence electrons. The summed E-state index contributed by atoms with van der Waals surface area (Å²) in [4.78, 5) is 7.50. The predicted molar refractivity (Wildman–Crippen MR) is 107 cm³/mol. The second-order valence-electron chi connectivity index (χ2n) is 6.45. The van der Waals surface area contributed by atoms with Crippen LogP contribution in [0.2, 0.25) is 0 Å². The second kappa shape index (κ2) is 7.04. The average molecular weight is 342 g/mol. The van der Waals surface area contributed by atoms with Gasteiger partial charge in [0.05, 0.1) is 18.9 Å². The van der Waals surface area contributed by atoms with E-state index in [1.807, 2.05) is 24.3 Å². The largest absolute Gasteiger partial charge is 0.497 e. The molecule has 0 amide bonds. The van der Waals surface area contributed by atoms with Crippen LogP contribution in [0.4, 0.5) is 5.69 Å². The fraction of sp³-hybridized carbons (Fsp3) is 0.174. The highest BCUT2D eigenvalue weighted by Gasteiger charge is 2.34. The molecule has 0 aliphatic carbocycles. The van der Waals surface area contributed by atoms with Crippen LogP contribution in [0.5, 0.6) is 5.75 Å².